The van der Waals surface area contributed by atoms with Gasteiger partial charge in [0.1, 0.15) is 0 Å². The molecule has 0 fully saturated rings. The van der Waals surface area contributed by atoms with E-state index in [4.69, 9.17) is 11.6 Å². The summed E-state index contributed by atoms with van der Waals surface area (Å²) in [6, 6.07) is 20.9. The summed E-state index contributed by atoms with van der Waals surface area (Å²) < 4.78 is 1.07. The normalized spacial score (nSPS) is 12.6. The molecule has 0 aromatic heterocycles. The average molecular weight is 346 g/mol. The minimum Gasteiger partial charge on any atom is -0.113 e. The summed E-state index contributed by atoms with van der Waals surface area (Å²) in [7, 11) is 0. The molecule has 3 rings (SSSR count). The summed E-state index contributed by atoms with van der Waals surface area (Å²) in [5, 5.41) is 2.33. The van der Waals surface area contributed by atoms with Crippen molar-refractivity contribution in [1.29, 1.82) is 0 Å². The van der Waals surface area contributed by atoms with Gasteiger partial charge in [0.05, 0.1) is 5.38 Å². The molecule has 3 aromatic carbocycles. The number of benzene rings is 3. The van der Waals surface area contributed by atoms with E-state index in [1.807, 2.05) is 12.1 Å². The van der Waals surface area contributed by atoms with E-state index >= 15 is 0 Å². The third-order valence-electron chi connectivity index (χ3n) is 3.60. The lowest BCUT2D eigenvalue weighted by Crippen LogP contribution is -1.97. The Labute approximate surface area is 132 Å². The van der Waals surface area contributed by atoms with Crippen LogP contribution in [-0.4, -0.2) is 0 Å². The Morgan fingerprint density at radius 2 is 1.60 bits per heavy atom. The van der Waals surface area contributed by atoms with E-state index < -0.39 is 0 Å². The van der Waals surface area contributed by atoms with Crippen LogP contribution in [0, 0.1) is 6.92 Å². The van der Waals surface area contributed by atoms with Crippen molar-refractivity contribution in [2.75, 3.05) is 0 Å². The van der Waals surface area contributed by atoms with Crippen molar-refractivity contribution in [3.05, 3.63) is 81.8 Å². The zero-order chi connectivity index (χ0) is 14.1. The summed E-state index contributed by atoms with van der Waals surface area (Å²) in [5.74, 6) is 0. The molecule has 0 bridgehead atoms. The molecule has 0 heterocycles. The maximum atomic E-state index is 6.75. The lowest BCUT2D eigenvalue weighted by atomic mass is 9.94. The summed E-state index contributed by atoms with van der Waals surface area (Å²) >= 11 is 10.2. The molecule has 0 nitrogen and oxygen atoms in total. The number of fused-ring (bicyclic) bond motifs is 1. The highest BCUT2D eigenvalue weighted by Gasteiger charge is 2.16. The van der Waals surface area contributed by atoms with Crippen LogP contribution in [0.15, 0.2) is 65.1 Å². The predicted molar refractivity (Wildman–Crippen MR) is 90.5 cm³/mol. The van der Waals surface area contributed by atoms with E-state index in [0.717, 1.165) is 10.0 Å². The Hall–Kier alpha value is -1.31. The molecular weight excluding hydrogens is 332 g/mol. The second-order valence-corrected chi connectivity index (χ2v) is 6.28. The van der Waals surface area contributed by atoms with Crippen molar-refractivity contribution < 1.29 is 0 Å². The SMILES string of the molecule is Cc1ccc2ccccc2c1C(Cl)c1ccc(Br)cc1. The second-order valence-electron chi connectivity index (χ2n) is 4.93. The third kappa shape index (κ3) is 2.48. The lowest BCUT2D eigenvalue weighted by molar-refractivity contribution is 1.13. The van der Waals surface area contributed by atoms with Gasteiger partial charge in [0, 0.05) is 4.47 Å². The zero-order valence-electron chi connectivity index (χ0n) is 11.1. The van der Waals surface area contributed by atoms with Gasteiger partial charge in [-0.25, -0.2) is 0 Å². The topological polar surface area (TPSA) is 0 Å². The number of aryl methyl sites for hydroxylation is 1. The van der Waals surface area contributed by atoms with Crippen molar-refractivity contribution in [3.8, 4) is 0 Å². The van der Waals surface area contributed by atoms with Crippen LogP contribution < -0.4 is 0 Å². The first-order chi connectivity index (χ1) is 9.66. The first-order valence-electron chi connectivity index (χ1n) is 6.54. The fraction of sp³-hybridized carbons (Fsp3) is 0.111. The highest BCUT2D eigenvalue weighted by molar-refractivity contribution is 9.10. The molecule has 0 spiro atoms. The molecule has 0 radical (unpaired) electrons. The van der Waals surface area contributed by atoms with Crippen molar-refractivity contribution in [3.63, 3.8) is 0 Å². The third-order valence-corrected chi connectivity index (χ3v) is 4.60. The predicted octanol–water partition coefficient (Wildman–Crippen LogP) is 6.24. The van der Waals surface area contributed by atoms with Crippen LogP contribution >= 0.6 is 27.5 Å². The molecule has 0 aliphatic rings. The molecule has 0 aliphatic carbocycles. The molecule has 20 heavy (non-hydrogen) atoms. The van der Waals surface area contributed by atoms with Crippen LogP contribution in [0.1, 0.15) is 22.1 Å². The van der Waals surface area contributed by atoms with Gasteiger partial charge in [-0.2, -0.15) is 0 Å². The van der Waals surface area contributed by atoms with Gasteiger partial charge in [-0.05, 0) is 46.5 Å². The van der Waals surface area contributed by atoms with Crippen LogP contribution in [0.4, 0.5) is 0 Å². The molecule has 3 aromatic rings. The van der Waals surface area contributed by atoms with E-state index in [2.05, 4.69) is 71.4 Å². The van der Waals surface area contributed by atoms with E-state index in [1.54, 1.807) is 0 Å². The Morgan fingerprint density at radius 1 is 0.900 bits per heavy atom. The van der Waals surface area contributed by atoms with Crippen molar-refractivity contribution in [1.82, 2.24) is 0 Å². The Balaban J connectivity index is 2.18. The van der Waals surface area contributed by atoms with Crippen LogP contribution in [-0.2, 0) is 0 Å². The van der Waals surface area contributed by atoms with E-state index in [0.29, 0.717) is 0 Å². The standard InChI is InChI=1S/C18H14BrCl/c1-12-6-7-13-4-2-3-5-16(13)17(12)18(20)14-8-10-15(19)11-9-14/h2-11,18H,1H3. The molecule has 0 saturated carbocycles. The van der Waals surface area contributed by atoms with E-state index in [-0.39, 0.29) is 5.38 Å². The summed E-state index contributed by atoms with van der Waals surface area (Å²) in [5.41, 5.74) is 3.55. The molecule has 0 saturated heterocycles. The highest BCUT2D eigenvalue weighted by Crippen LogP contribution is 2.36. The summed E-state index contributed by atoms with van der Waals surface area (Å²) in [4.78, 5) is 0. The van der Waals surface area contributed by atoms with Crippen LogP contribution in [0.5, 0.6) is 0 Å². The molecule has 0 N–H and O–H groups in total. The molecule has 0 amide bonds. The maximum absolute atomic E-state index is 6.75. The first kappa shape index (κ1) is 13.7. The maximum Gasteiger partial charge on any atom is 0.0844 e. The zero-order valence-corrected chi connectivity index (χ0v) is 13.4. The minimum absolute atomic E-state index is 0.130. The first-order valence-corrected chi connectivity index (χ1v) is 7.77. The molecule has 100 valence electrons. The Kier molecular flexibility index (Phi) is 3.82. The largest absolute Gasteiger partial charge is 0.113 e. The molecule has 1 unspecified atom stereocenters. The van der Waals surface area contributed by atoms with Gasteiger partial charge in [-0.3, -0.25) is 0 Å². The highest BCUT2D eigenvalue weighted by atomic mass is 79.9. The second kappa shape index (κ2) is 5.59. The quantitative estimate of drug-likeness (QED) is 0.482. The molecule has 1 atom stereocenters. The van der Waals surface area contributed by atoms with Gasteiger partial charge >= 0.3 is 0 Å². The van der Waals surface area contributed by atoms with Crippen molar-refractivity contribution >= 4 is 38.3 Å². The number of hydrogen-bond acceptors (Lipinski definition) is 0. The number of alkyl halides is 1. The van der Waals surface area contributed by atoms with Crippen LogP contribution in [0.25, 0.3) is 10.8 Å². The van der Waals surface area contributed by atoms with Gasteiger partial charge < -0.3 is 0 Å². The van der Waals surface area contributed by atoms with Gasteiger partial charge in [-0.1, -0.05) is 64.5 Å². The lowest BCUT2D eigenvalue weighted by Gasteiger charge is -2.16. The van der Waals surface area contributed by atoms with Crippen LogP contribution in [0.2, 0.25) is 0 Å². The molecule has 0 aliphatic heterocycles. The average Bonchev–Trinajstić information content (AvgIpc) is 2.47. The fourth-order valence-corrected chi connectivity index (χ4v) is 3.24. The number of rotatable bonds is 2. The molecular formula is C18H14BrCl. The minimum atomic E-state index is -0.130. The summed E-state index contributed by atoms with van der Waals surface area (Å²) in [6.07, 6.45) is 0. The van der Waals surface area contributed by atoms with E-state index in [9.17, 15) is 0 Å². The van der Waals surface area contributed by atoms with Crippen molar-refractivity contribution in [2.45, 2.75) is 12.3 Å². The Morgan fingerprint density at radius 3 is 2.35 bits per heavy atom. The summed E-state index contributed by atoms with van der Waals surface area (Å²) in [6.45, 7) is 2.12. The van der Waals surface area contributed by atoms with Crippen molar-refractivity contribution in [2.24, 2.45) is 0 Å². The van der Waals surface area contributed by atoms with E-state index in [1.165, 1.54) is 21.9 Å². The molecule has 2 heteroatoms. The number of halogens is 2. The van der Waals surface area contributed by atoms with Crippen LogP contribution in [0.3, 0.4) is 0 Å². The van der Waals surface area contributed by atoms with Gasteiger partial charge in [-0.15, -0.1) is 11.6 Å². The smallest absolute Gasteiger partial charge is 0.0844 e. The van der Waals surface area contributed by atoms with Gasteiger partial charge in [0.2, 0.25) is 0 Å². The van der Waals surface area contributed by atoms with Gasteiger partial charge in [0.25, 0.3) is 0 Å². The fourth-order valence-electron chi connectivity index (χ4n) is 2.54. The Bertz CT molecular complexity index is 747. The van der Waals surface area contributed by atoms with Gasteiger partial charge in [0.15, 0.2) is 0 Å². The monoisotopic (exact) mass is 344 g/mol. The number of hydrogen-bond donors (Lipinski definition) is 0.